The summed E-state index contributed by atoms with van der Waals surface area (Å²) in [6, 6.07) is 10.4. The Bertz CT molecular complexity index is 522. The fourth-order valence-corrected chi connectivity index (χ4v) is 3.02. The second kappa shape index (κ2) is 8.96. The SMILES string of the molecule is CCCCCCC(C)(C)C1=CC[CH]C(OCc2ccccc2)=C1. The van der Waals surface area contributed by atoms with Gasteiger partial charge in [-0.1, -0.05) is 82.9 Å². The van der Waals surface area contributed by atoms with Crippen molar-refractivity contribution in [2.45, 2.75) is 65.9 Å². The minimum atomic E-state index is 0.239. The molecule has 0 atom stereocenters. The molecule has 1 aromatic carbocycles. The van der Waals surface area contributed by atoms with Gasteiger partial charge in [0.1, 0.15) is 12.4 Å². The van der Waals surface area contributed by atoms with Gasteiger partial charge in [-0.15, -0.1) is 0 Å². The average molecular weight is 311 g/mol. The highest BCUT2D eigenvalue weighted by molar-refractivity contribution is 5.34. The lowest BCUT2D eigenvalue weighted by atomic mass is 9.77. The van der Waals surface area contributed by atoms with Crippen molar-refractivity contribution < 1.29 is 4.74 Å². The lowest BCUT2D eigenvalue weighted by Crippen LogP contribution is -2.16. The van der Waals surface area contributed by atoms with Gasteiger partial charge in [-0.25, -0.2) is 0 Å². The highest BCUT2D eigenvalue weighted by atomic mass is 16.5. The van der Waals surface area contributed by atoms with E-state index in [2.05, 4.69) is 63.6 Å². The van der Waals surface area contributed by atoms with Crippen molar-refractivity contribution in [3.63, 3.8) is 0 Å². The predicted octanol–water partition coefficient (Wildman–Crippen LogP) is 6.62. The van der Waals surface area contributed by atoms with E-state index < -0.39 is 0 Å². The Balaban J connectivity index is 1.89. The second-order valence-corrected chi connectivity index (χ2v) is 7.11. The molecule has 1 heteroatoms. The Morgan fingerprint density at radius 2 is 1.83 bits per heavy atom. The molecule has 0 N–H and O–H groups in total. The molecule has 0 fully saturated rings. The summed E-state index contributed by atoms with van der Waals surface area (Å²) >= 11 is 0. The molecular formula is C22H31O. The summed E-state index contributed by atoms with van der Waals surface area (Å²) < 4.78 is 6.00. The van der Waals surface area contributed by atoms with Crippen LogP contribution >= 0.6 is 0 Å². The summed E-state index contributed by atoms with van der Waals surface area (Å²) in [6.45, 7) is 7.64. The van der Waals surface area contributed by atoms with Crippen LogP contribution in [0.25, 0.3) is 0 Å². The van der Waals surface area contributed by atoms with Gasteiger partial charge in [0.15, 0.2) is 0 Å². The number of benzene rings is 1. The van der Waals surface area contributed by atoms with Gasteiger partial charge in [0.05, 0.1) is 0 Å². The molecule has 23 heavy (non-hydrogen) atoms. The summed E-state index contributed by atoms with van der Waals surface area (Å²) in [6.07, 6.45) is 14.3. The zero-order valence-corrected chi connectivity index (χ0v) is 15.0. The largest absolute Gasteiger partial charge is 0.493 e. The van der Waals surface area contributed by atoms with Crippen LogP contribution in [0.5, 0.6) is 0 Å². The van der Waals surface area contributed by atoms with E-state index in [1.54, 1.807) is 0 Å². The van der Waals surface area contributed by atoms with Crippen molar-refractivity contribution in [1.82, 2.24) is 0 Å². The number of unbranched alkanes of at least 4 members (excludes halogenated alkanes) is 3. The Kier molecular flexibility index (Phi) is 6.95. The first-order valence-electron chi connectivity index (χ1n) is 9.04. The van der Waals surface area contributed by atoms with Crippen molar-refractivity contribution in [2.24, 2.45) is 5.41 Å². The molecular weight excluding hydrogens is 280 g/mol. The van der Waals surface area contributed by atoms with Crippen molar-refractivity contribution in [3.05, 3.63) is 65.8 Å². The second-order valence-electron chi connectivity index (χ2n) is 7.11. The van der Waals surface area contributed by atoms with E-state index >= 15 is 0 Å². The van der Waals surface area contributed by atoms with E-state index in [0.29, 0.717) is 6.61 Å². The zero-order chi connectivity index (χ0) is 16.5. The molecule has 0 aliphatic heterocycles. The fraction of sp³-hybridized carbons (Fsp3) is 0.500. The quantitative estimate of drug-likeness (QED) is 0.466. The first-order valence-corrected chi connectivity index (χ1v) is 9.04. The third kappa shape index (κ3) is 5.89. The highest BCUT2D eigenvalue weighted by Crippen LogP contribution is 2.37. The highest BCUT2D eigenvalue weighted by Gasteiger charge is 2.23. The lowest BCUT2D eigenvalue weighted by molar-refractivity contribution is 0.202. The van der Waals surface area contributed by atoms with Gasteiger partial charge in [-0.05, 0) is 35.5 Å². The minimum absolute atomic E-state index is 0.239. The van der Waals surface area contributed by atoms with E-state index in [4.69, 9.17) is 4.74 Å². The molecule has 2 rings (SSSR count). The van der Waals surface area contributed by atoms with Gasteiger partial charge in [-0.2, -0.15) is 0 Å². The third-order valence-corrected chi connectivity index (χ3v) is 4.64. The fourth-order valence-electron chi connectivity index (χ4n) is 3.02. The molecule has 1 aliphatic rings. The Hall–Kier alpha value is -1.50. The van der Waals surface area contributed by atoms with Crippen LogP contribution in [0.4, 0.5) is 0 Å². The van der Waals surface area contributed by atoms with E-state index in [9.17, 15) is 0 Å². The number of hydrogen-bond donors (Lipinski definition) is 0. The first-order chi connectivity index (χ1) is 11.1. The van der Waals surface area contributed by atoms with Gasteiger partial charge in [0, 0.05) is 6.42 Å². The standard InChI is InChI=1S/C22H31O/c1-4-5-6-10-16-22(2,3)20-14-11-15-21(17-20)23-18-19-12-8-7-9-13-19/h7-9,12-15,17H,4-6,10-11,16,18H2,1-3H3. The molecule has 1 aromatic rings. The molecule has 125 valence electrons. The van der Waals surface area contributed by atoms with E-state index in [1.165, 1.54) is 43.2 Å². The summed E-state index contributed by atoms with van der Waals surface area (Å²) in [4.78, 5) is 0. The van der Waals surface area contributed by atoms with E-state index in [1.807, 2.05) is 6.07 Å². The van der Waals surface area contributed by atoms with Gasteiger partial charge in [0.2, 0.25) is 0 Å². The van der Waals surface area contributed by atoms with Gasteiger partial charge >= 0.3 is 0 Å². The van der Waals surface area contributed by atoms with Crippen molar-refractivity contribution >= 4 is 0 Å². The van der Waals surface area contributed by atoms with Crippen LogP contribution < -0.4 is 0 Å². The maximum atomic E-state index is 6.00. The summed E-state index contributed by atoms with van der Waals surface area (Å²) in [5.41, 5.74) is 2.89. The topological polar surface area (TPSA) is 9.23 Å². The van der Waals surface area contributed by atoms with Gasteiger partial charge in [0.25, 0.3) is 0 Å². The number of allylic oxidation sites excluding steroid dienone is 4. The normalized spacial score (nSPS) is 15.1. The van der Waals surface area contributed by atoms with Crippen LogP contribution in [0.2, 0.25) is 0 Å². The average Bonchev–Trinajstić information content (AvgIpc) is 2.58. The molecule has 0 bridgehead atoms. The maximum Gasteiger partial charge on any atom is 0.113 e. The molecule has 0 aromatic heterocycles. The molecule has 0 unspecified atom stereocenters. The predicted molar refractivity (Wildman–Crippen MR) is 98.9 cm³/mol. The van der Waals surface area contributed by atoms with Crippen LogP contribution in [-0.2, 0) is 11.3 Å². The van der Waals surface area contributed by atoms with E-state index in [-0.39, 0.29) is 5.41 Å². The Morgan fingerprint density at radius 1 is 1.04 bits per heavy atom. The number of ether oxygens (including phenoxy) is 1. The minimum Gasteiger partial charge on any atom is -0.493 e. The molecule has 0 heterocycles. The van der Waals surface area contributed by atoms with Gasteiger partial charge in [-0.3, -0.25) is 0 Å². The first kappa shape index (κ1) is 17.8. The monoisotopic (exact) mass is 311 g/mol. The van der Waals surface area contributed by atoms with Crippen LogP contribution in [-0.4, -0.2) is 0 Å². The molecule has 1 radical (unpaired) electrons. The number of hydrogen-bond acceptors (Lipinski definition) is 1. The van der Waals surface area contributed by atoms with Crippen molar-refractivity contribution in [2.75, 3.05) is 0 Å². The summed E-state index contributed by atoms with van der Waals surface area (Å²) in [7, 11) is 0. The van der Waals surface area contributed by atoms with Crippen LogP contribution in [0.15, 0.2) is 53.8 Å². The van der Waals surface area contributed by atoms with Crippen LogP contribution in [0, 0.1) is 11.8 Å². The van der Waals surface area contributed by atoms with Crippen molar-refractivity contribution in [3.8, 4) is 0 Å². The van der Waals surface area contributed by atoms with Crippen LogP contribution in [0.1, 0.15) is 64.9 Å². The molecule has 0 saturated heterocycles. The lowest BCUT2D eigenvalue weighted by Gasteiger charge is -2.29. The smallest absolute Gasteiger partial charge is 0.113 e. The molecule has 0 spiro atoms. The van der Waals surface area contributed by atoms with E-state index in [0.717, 1.165) is 12.2 Å². The van der Waals surface area contributed by atoms with Gasteiger partial charge < -0.3 is 4.74 Å². The Morgan fingerprint density at radius 3 is 2.57 bits per heavy atom. The Labute approximate surface area is 142 Å². The molecule has 0 amide bonds. The summed E-state index contributed by atoms with van der Waals surface area (Å²) in [5.74, 6) is 1.02. The zero-order valence-electron chi connectivity index (χ0n) is 15.0. The third-order valence-electron chi connectivity index (χ3n) is 4.64. The molecule has 1 aliphatic carbocycles. The summed E-state index contributed by atoms with van der Waals surface area (Å²) in [5, 5.41) is 0. The number of rotatable bonds is 9. The molecule has 1 nitrogen and oxygen atoms in total. The molecule has 0 saturated carbocycles. The van der Waals surface area contributed by atoms with Crippen LogP contribution in [0.3, 0.4) is 0 Å². The van der Waals surface area contributed by atoms with Crippen molar-refractivity contribution in [1.29, 1.82) is 0 Å². The maximum absolute atomic E-state index is 6.00.